The third-order valence-corrected chi connectivity index (χ3v) is 15.9. The molecule has 1 aromatic carbocycles. The molecule has 6 fully saturated rings. The summed E-state index contributed by atoms with van der Waals surface area (Å²) in [6, 6.07) is 0. The Bertz CT molecular complexity index is 957. The largest absolute Gasteiger partial charge is 0.398 e. The van der Waals surface area contributed by atoms with Crippen LogP contribution in [-0.4, -0.2) is 0 Å². The topological polar surface area (TPSA) is 52.0 Å². The van der Waals surface area contributed by atoms with Crippen LogP contribution in [0, 0.1) is 99.2 Å². The number of hydrogen-bond donors (Lipinski definition) is 2. The van der Waals surface area contributed by atoms with Gasteiger partial charge in [-0.25, -0.2) is 0 Å². The Labute approximate surface area is 383 Å². The van der Waals surface area contributed by atoms with E-state index in [0.29, 0.717) is 0 Å². The summed E-state index contributed by atoms with van der Waals surface area (Å²) in [5, 5.41) is 0. The molecular formula is C51H93Fe3N2-. The molecular weight excluding hydrogens is 808 g/mol. The van der Waals surface area contributed by atoms with Gasteiger partial charge < -0.3 is 17.9 Å². The predicted molar refractivity (Wildman–Crippen MR) is 240 cm³/mol. The van der Waals surface area contributed by atoms with Crippen LogP contribution in [0.4, 0.5) is 11.4 Å². The molecule has 0 amide bonds. The first-order valence-electron chi connectivity index (χ1n) is 23.2. The van der Waals surface area contributed by atoms with E-state index in [0.717, 1.165) is 98.7 Å². The number of benzene rings is 1. The fraction of sp³-hybridized carbons (Fsp3) is 0.824. The maximum absolute atomic E-state index is 5.90. The predicted octanol–water partition coefficient (Wildman–Crippen LogP) is 15.8. The molecule has 0 bridgehead atoms. The third kappa shape index (κ3) is 19.2. The average molecular weight is 902 g/mol. The summed E-state index contributed by atoms with van der Waals surface area (Å²) in [4.78, 5) is 0. The first-order chi connectivity index (χ1) is 25.1. The molecule has 56 heavy (non-hydrogen) atoms. The summed E-state index contributed by atoms with van der Waals surface area (Å²) < 4.78 is 0. The van der Waals surface area contributed by atoms with Crippen molar-refractivity contribution in [1.29, 1.82) is 0 Å². The van der Waals surface area contributed by atoms with Gasteiger partial charge in [0.05, 0.1) is 0 Å². The van der Waals surface area contributed by atoms with E-state index >= 15 is 0 Å². The van der Waals surface area contributed by atoms with Crippen LogP contribution in [0.25, 0.3) is 0 Å². The SMILES string of the molecule is C(=C\C1CCCC1)/C1CCCC1.C1CCCC1.C1CCCC1.CC1C(C)C(C)C(C)C1C.CC1[CH-]C(C)C(C)C1C.Cc1c(C)c(N)c(C)c(C)c1N.[Fe].[Fe].[Fe]. The molecule has 4 atom stereocenters. The number of nitrogen functional groups attached to an aromatic ring is 2. The number of hydrogen-bond acceptors (Lipinski definition) is 2. The van der Waals surface area contributed by atoms with Crippen LogP contribution in [-0.2, 0) is 51.2 Å². The first-order valence-corrected chi connectivity index (χ1v) is 23.2. The molecule has 0 aliphatic heterocycles. The van der Waals surface area contributed by atoms with E-state index in [4.69, 9.17) is 11.5 Å². The van der Waals surface area contributed by atoms with Gasteiger partial charge >= 0.3 is 0 Å². The monoisotopic (exact) mass is 902 g/mol. The number of nitrogens with two attached hydrogens (primary N) is 2. The van der Waals surface area contributed by atoms with Crippen LogP contribution >= 0.6 is 0 Å². The molecule has 0 spiro atoms. The maximum atomic E-state index is 5.90. The normalized spacial score (nSPS) is 30.7. The molecule has 4 unspecified atom stereocenters. The van der Waals surface area contributed by atoms with Gasteiger partial charge in [0.15, 0.2) is 0 Å². The molecule has 4 N–H and O–H groups in total. The second-order valence-corrected chi connectivity index (χ2v) is 19.3. The van der Waals surface area contributed by atoms with Crippen molar-refractivity contribution in [2.45, 2.75) is 206 Å². The van der Waals surface area contributed by atoms with E-state index in [2.05, 4.69) is 80.9 Å². The summed E-state index contributed by atoms with van der Waals surface area (Å²) in [5.41, 5.74) is 18.0. The van der Waals surface area contributed by atoms with Crippen molar-refractivity contribution in [2.24, 2.45) is 65.1 Å². The van der Waals surface area contributed by atoms with Gasteiger partial charge in [0.2, 0.25) is 0 Å². The van der Waals surface area contributed by atoms with Gasteiger partial charge in [0, 0.05) is 62.6 Å². The third-order valence-electron chi connectivity index (χ3n) is 15.9. The smallest absolute Gasteiger partial charge is 0.0380 e. The van der Waals surface area contributed by atoms with Gasteiger partial charge in [0.25, 0.3) is 0 Å². The summed E-state index contributed by atoms with van der Waals surface area (Å²) in [7, 11) is 0. The van der Waals surface area contributed by atoms with Crippen LogP contribution in [0.5, 0.6) is 0 Å². The first kappa shape index (κ1) is 58.2. The molecule has 332 valence electrons. The van der Waals surface area contributed by atoms with Crippen molar-refractivity contribution < 1.29 is 51.2 Å². The van der Waals surface area contributed by atoms with E-state index in [-0.39, 0.29) is 51.2 Å². The van der Waals surface area contributed by atoms with Gasteiger partial charge in [-0.05, 0) is 117 Å². The zero-order valence-electron chi connectivity index (χ0n) is 39.0. The number of rotatable bonds is 2. The van der Waals surface area contributed by atoms with Crippen molar-refractivity contribution in [2.75, 3.05) is 11.5 Å². The Kier molecular flexibility index (Phi) is 32.3. The maximum Gasteiger partial charge on any atom is 0.0380 e. The van der Waals surface area contributed by atoms with Crippen LogP contribution in [0.3, 0.4) is 0 Å². The summed E-state index contributed by atoms with van der Waals surface area (Å²) in [6.07, 6.45) is 34.2. The standard InChI is InChI=1S/C12H20.C10H16N2.C10H20.C9H17.2C5H10.3Fe/c1-2-6-11(5-1)9-10-12-7-3-4-8-12;1-5-6(2)10(12)8(4)7(3)9(5)11;1-6-7(2)9(4)10(5)8(6)3;1-6-5-7(2)9(4)8(6)3;2*1-2-4-5-3-1;;;/h9-12H,1-8H2;11-12H2,1-4H3;6-10H,1-5H3;5-9H,1-4H3;2*1-5H2;;;/q;;;-1;;;;;/b10-9+;;;;;;;;. The zero-order valence-corrected chi connectivity index (χ0v) is 42.3. The van der Waals surface area contributed by atoms with E-state index in [9.17, 15) is 0 Å². The van der Waals surface area contributed by atoms with Gasteiger partial charge in [0.1, 0.15) is 0 Å². The number of allylic oxidation sites excluding steroid dienone is 2. The molecule has 0 radical (unpaired) electrons. The second-order valence-electron chi connectivity index (χ2n) is 19.3. The van der Waals surface area contributed by atoms with E-state index in [1.165, 1.54) is 116 Å². The van der Waals surface area contributed by atoms with Crippen molar-refractivity contribution in [1.82, 2.24) is 0 Å². The zero-order chi connectivity index (χ0) is 39.7. The number of anilines is 2. The fourth-order valence-electron chi connectivity index (χ4n) is 9.93. The van der Waals surface area contributed by atoms with Crippen molar-refractivity contribution in [3.05, 3.63) is 40.8 Å². The van der Waals surface area contributed by atoms with E-state index < -0.39 is 0 Å². The molecule has 1 aromatic rings. The second kappa shape index (κ2) is 31.0. The van der Waals surface area contributed by atoms with E-state index in [1.54, 1.807) is 0 Å². The minimum absolute atomic E-state index is 0. The minimum Gasteiger partial charge on any atom is -0.398 e. The molecule has 0 saturated heterocycles. The Balaban J connectivity index is 0. The summed E-state index contributed by atoms with van der Waals surface area (Å²) in [5.74, 6) is 10.1. The summed E-state index contributed by atoms with van der Waals surface area (Å²) in [6.45, 7) is 29.4. The van der Waals surface area contributed by atoms with Crippen LogP contribution in [0.2, 0.25) is 0 Å². The van der Waals surface area contributed by atoms with Crippen LogP contribution in [0.15, 0.2) is 12.2 Å². The van der Waals surface area contributed by atoms with Crippen molar-refractivity contribution in [3.8, 4) is 0 Å². The molecule has 5 heteroatoms. The Morgan fingerprint density at radius 3 is 0.714 bits per heavy atom. The molecule has 6 saturated carbocycles. The molecule has 0 heterocycles. The quantitative estimate of drug-likeness (QED) is 0.134. The van der Waals surface area contributed by atoms with Gasteiger partial charge in [-0.15, -0.1) is 0 Å². The molecule has 2 nitrogen and oxygen atoms in total. The minimum atomic E-state index is 0. The molecule has 6 aliphatic carbocycles. The summed E-state index contributed by atoms with van der Waals surface area (Å²) >= 11 is 0. The Morgan fingerprint density at radius 1 is 0.357 bits per heavy atom. The van der Waals surface area contributed by atoms with Crippen LogP contribution in [0.1, 0.15) is 200 Å². The Hall–Kier alpha value is 0.118. The van der Waals surface area contributed by atoms with E-state index in [1.807, 2.05) is 27.7 Å². The van der Waals surface area contributed by atoms with Gasteiger partial charge in [-0.2, -0.15) is 11.8 Å². The van der Waals surface area contributed by atoms with Gasteiger partial charge in [-0.1, -0.05) is 176 Å². The molecule has 7 rings (SSSR count). The Morgan fingerprint density at radius 2 is 0.554 bits per heavy atom. The van der Waals surface area contributed by atoms with Crippen LogP contribution < -0.4 is 11.5 Å². The molecule has 0 aromatic heterocycles. The van der Waals surface area contributed by atoms with Crippen molar-refractivity contribution >= 4 is 11.4 Å². The molecule has 6 aliphatic rings. The average Bonchev–Trinajstić information content (AvgIpc) is 4.03. The van der Waals surface area contributed by atoms with Crippen molar-refractivity contribution in [3.63, 3.8) is 0 Å². The fourth-order valence-corrected chi connectivity index (χ4v) is 9.93. The van der Waals surface area contributed by atoms with Gasteiger partial charge in [-0.3, -0.25) is 0 Å².